The summed E-state index contributed by atoms with van der Waals surface area (Å²) >= 11 is 0. The molecule has 148 valence electrons. The fourth-order valence-corrected chi connectivity index (χ4v) is 3.62. The molecule has 29 heavy (non-hydrogen) atoms. The number of amides is 2. The lowest BCUT2D eigenvalue weighted by atomic mass is 9.91. The second kappa shape index (κ2) is 9.20. The van der Waals surface area contributed by atoms with Gasteiger partial charge in [-0.1, -0.05) is 78.4 Å². The molecule has 3 aromatic carbocycles. The van der Waals surface area contributed by atoms with Crippen LogP contribution in [0.15, 0.2) is 72.8 Å². The van der Waals surface area contributed by atoms with Crippen molar-refractivity contribution in [3.8, 4) is 0 Å². The van der Waals surface area contributed by atoms with Crippen molar-refractivity contribution in [2.75, 3.05) is 11.9 Å². The maximum atomic E-state index is 12.5. The van der Waals surface area contributed by atoms with Crippen molar-refractivity contribution in [3.63, 3.8) is 0 Å². The molecule has 0 heterocycles. The number of hydrogen-bond acceptors (Lipinski definition) is 2. The summed E-state index contributed by atoms with van der Waals surface area (Å²) in [7, 11) is 0. The molecule has 2 amide bonds. The first kappa shape index (κ1) is 20.3. The van der Waals surface area contributed by atoms with Crippen molar-refractivity contribution in [3.05, 3.63) is 101 Å². The molecule has 0 atom stereocenters. The van der Waals surface area contributed by atoms with E-state index < -0.39 is 11.8 Å². The Morgan fingerprint density at radius 2 is 1.24 bits per heavy atom. The van der Waals surface area contributed by atoms with Gasteiger partial charge in [-0.25, -0.2) is 0 Å². The standard InChI is InChI=1S/C25H26N2O2/c1-17-14-18(2)23(19(3)15-17)27-25(29)24(28)26-16-22(20-10-6-4-7-11-20)21-12-8-5-9-13-21/h4-15,22H,16H2,1-3H3,(H,26,28)(H,27,29). The summed E-state index contributed by atoms with van der Waals surface area (Å²) in [5.74, 6) is -1.32. The Labute approximate surface area is 172 Å². The summed E-state index contributed by atoms with van der Waals surface area (Å²) in [6.45, 7) is 6.19. The van der Waals surface area contributed by atoms with E-state index in [-0.39, 0.29) is 5.92 Å². The van der Waals surface area contributed by atoms with Gasteiger partial charge in [-0.3, -0.25) is 9.59 Å². The molecule has 2 N–H and O–H groups in total. The summed E-state index contributed by atoms with van der Waals surface area (Å²) in [5, 5.41) is 5.56. The second-order valence-electron chi connectivity index (χ2n) is 7.31. The van der Waals surface area contributed by atoms with Crippen LogP contribution in [0.3, 0.4) is 0 Å². The summed E-state index contributed by atoms with van der Waals surface area (Å²) in [6, 6.07) is 23.9. The number of carbonyl (C=O) groups excluding carboxylic acids is 2. The number of carbonyl (C=O) groups is 2. The van der Waals surface area contributed by atoms with E-state index in [1.165, 1.54) is 0 Å². The third kappa shape index (κ3) is 5.11. The van der Waals surface area contributed by atoms with E-state index in [2.05, 4.69) is 10.6 Å². The fraction of sp³-hybridized carbons (Fsp3) is 0.200. The first-order valence-corrected chi connectivity index (χ1v) is 9.72. The van der Waals surface area contributed by atoms with Crippen LogP contribution >= 0.6 is 0 Å². The highest BCUT2D eigenvalue weighted by atomic mass is 16.2. The van der Waals surface area contributed by atoms with Crippen LogP contribution in [0.2, 0.25) is 0 Å². The predicted molar refractivity (Wildman–Crippen MR) is 117 cm³/mol. The van der Waals surface area contributed by atoms with Gasteiger partial charge in [-0.2, -0.15) is 0 Å². The predicted octanol–water partition coefficient (Wildman–Crippen LogP) is 4.50. The molecular weight excluding hydrogens is 360 g/mol. The van der Waals surface area contributed by atoms with Crippen LogP contribution in [0, 0.1) is 20.8 Å². The molecule has 0 aliphatic heterocycles. The molecule has 0 aromatic heterocycles. The molecule has 0 aliphatic rings. The zero-order valence-electron chi connectivity index (χ0n) is 17.0. The summed E-state index contributed by atoms with van der Waals surface area (Å²) in [5.41, 5.74) is 5.87. The molecule has 0 radical (unpaired) electrons. The lowest BCUT2D eigenvalue weighted by molar-refractivity contribution is -0.136. The van der Waals surface area contributed by atoms with E-state index in [0.29, 0.717) is 12.2 Å². The molecule has 4 heteroatoms. The van der Waals surface area contributed by atoms with Crippen LogP contribution in [0.25, 0.3) is 0 Å². The molecule has 0 bridgehead atoms. The minimum atomic E-state index is -0.653. The number of rotatable bonds is 5. The van der Waals surface area contributed by atoms with Crippen LogP contribution in [-0.4, -0.2) is 18.4 Å². The van der Waals surface area contributed by atoms with Gasteiger partial charge in [-0.05, 0) is 43.0 Å². The monoisotopic (exact) mass is 386 g/mol. The third-order valence-corrected chi connectivity index (χ3v) is 4.99. The number of anilines is 1. The van der Waals surface area contributed by atoms with E-state index in [9.17, 15) is 9.59 Å². The molecule has 0 fully saturated rings. The summed E-state index contributed by atoms with van der Waals surface area (Å²) in [6.07, 6.45) is 0. The molecule has 4 nitrogen and oxygen atoms in total. The van der Waals surface area contributed by atoms with Crippen LogP contribution in [0.4, 0.5) is 5.69 Å². The van der Waals surface area contributed by atoms with Crippen molar-refractivity contribution in [2.24, 2.45) is 0 Å². The molecule has 0 spiro atoms. The molecule has 0 unspecified atom stereocenters. The van der Waals surface area contributed by atoms with Crippen molar-refractivity contribution >= 4 is 17.5 Å². The SMILES string of the molecule is Cc1cc(C)c(NC(=O)C(=O)NCC(c2ccccc2)c2ccccc2)c(C)c1. The van der Waals surface area contributed by atoms with Gasteiger partial charge in [0, 0.05) is 18.2 Å². The highest BCUT2D eigenvalue weighted by Crippen LogP contribution is 2.24. The Morgan fingerprint density at radius 3 is 1.72 bits per heavy atom. The largest absolute Gasteiger partial charge is 0.347 e. The lowest BCUT2D eigenvalue weighted by Crippen LogP contribution is -2.38. The quantitative estimate of drug-likeness (QED) is 0.635. The van der Waals surface area contributed by atoms with Gasteiger partial charge >= 0.3 is 11.8 Å². The number of aryl methyl sites for hydroxylation is 3. The highest BCUT2D eigenvalue weighted by Gasteiger charge is 2.19. The van der Waals surface area contributed by atoms with Gasteiger partial charge in [0.1, 0.15) is 0 Å². The van der Waals surface area contributed by atoms with Gasteiger partial charge in [0.25, 0.3) is 0 Å². The topological polar surface area (TPSA) is 58.2 Å². The Hall–Kier alpha value is -3.40. The van der Waals surface area contributed by atoms with Gasteiger partial charge < -0.3 is 10.6 Å². The maximum absolute atomic E-state index is 12.5. The van der Waals surface area contributed by atoms with Crippen molar-refractivity contribution in [2.45, 2.75) is 26.7 Å². The molecule has 0 saturated carbocycles. The summed E-state index contributed by atoms with van der Waals surface area (Å²) < 4.78 is 0. The summed E-state index contributed by atoms with van der Waals surface area (Å²) in [4.78, 5) is 24.9. The zero-order valence-corrected chi connectivity index (χ0v) is 17.0. The van der Waals surface area contributed by atoms with E-state index >= 15 is 0 Å². The minimum absolute atomic E-state index is 0.0306. The molecule has 3 rings (SSSR count). The first-order chi connectivity index (χ1) is 14.0. The third-order valence-electron chi connectivity index (χ3n) is 4.99. The highest BCUT2D eigenvalue weighted by molar-refractivity contribution is 6.39. The number of hydrogen-bond donors (Lipinski definition) is 2. The van der Waals surface area contributed by atoms with Crippen molar-refractivity contribution in [1.82, 2.24) is 5.32 Å². The van der Waals surface area contributed by atoms with Gasteiger partial charge in [0.2, 0.25) is 0 Å². The first-order valence-electron chi connectivity index (χ1n) is 9.72. The molecular formula is C25H26N2O2. The average Bonchev–Trinajstić information content (AvgIpc) is 2.72. The van der Waals surface area contributed by atoms with Crippen LogP contribution in [0.5, 0.6) is 0 Å². The maximum Gasteiger partial charge on any atom is 0.313 e. The second-order valence-corrected chi connectivity index (χ2v) is 7.31. The van der Waals surface area contributed by atoms with Crippen LogP contribution < -0.4 is 10.6 Å². The lowest BCUT2D eigenvalue weighted by Gasteiger charge is -2.19. The van der Waals surface area contributed by atoms with Gasteiger partial charge in [-0.15, -0.1) is 0 Å². The Balaban J connectivity index is 1.71. The van der Waals surface area contributed by atoms with E-state index in [1.54, 1.807) is 0 Å². The number of benzene rings is 3. The molecule has 0 saturated heterocycles. The normalized spacial score (nSPS) is 10.6. The molecule has 3 aromatic rings. The van der Waals surface area contributed by atoms with Crippen LogP contribution in [0.1, 0.15) is 33.7 Å². The van der Waals surface area contributed by atoms with Gasteiger partial charge in [0.15, 0.2) is 0 Å². The van der Waals surface area contributed by atoms with E-state index in [1.807, 2.05) is 93.6 Å². The molecule has 0 aliphatic carbocycles. The van der Waals surface area contributed by atoms with E-state index in [0.717, 1.165) is 27.8 Å². The van der Waals surface area contributed by atoms with Crippen molar-refractivity contribution < 1.29 is 9.59 Å². The number of nitrogens with one attached hydrogen (secondary N) is 2. The Kier molecular flexibility index (Phi) is 6.45. The Morgan fingerprint density at radius 1 is 0.759 bits per heavy atom. The smallest absolute Gasteiger partial charge is 0.313 e. The van der Waals surface area contributed by atoms with Crippen molar-refractivity contribution in [1.29, 1.82) is 0 Å². The average molecular weight is 386 g/mol. The Bertz CT molecular complexity index is 935. The van der Waals surface area contributed by atoms with Gasteiger partial charge in [0.05, 0.1) is 0 Å². The zero-order chi connectivity index (χ0) is 20.8. The minimum Gasteiger partial charge on any atom is -0.347 e. The van der Waals surface area contributed by atoms with E-state index in [4.69, 9.17) is 0 Å². The van der Waals surface area contributed by atoms with Crippen LogP contribution in [-0.2, 0) is 9.59 Å². The fourth-order valence-electron chi connectivity index (χ4n) is 3.62.